The molecule has 1 aliphatic rings. The molecule has 0 bridgehead atoms. The number of rotatable bonds is 5. The summed E-state index contributed by atoms with van der Waals surface area (Å²) < 4.78 is 10.9. The Balaban J connectivity index is 1.76. The average molecular weight is 328 g/mol. The molecular weight excluding hydrogens is 304 g/mol. The molecule has 0 aliphatic carbocycles. The number of carbonyl (C=O) groups is 1. The fraction of sp³-hybridized carbons (Fsp3) is 0.474. The third kappa shape index (κ3) is 3.30. The summed E-state index contributed by atoms with van der Waals surface area (Å²) in [6.45, 7) is 4.93. The molecule has 0 radical (unpaired) electrons. The molecule has 5 nitrogen and oxygen atoms in total. The Morgan fingerprint density at radius 3 is 2.92 bits per heavy atom. The maximum atomic E-state index is 12.8. The van der Waals surface area contributed by atoms with E-state index in [1.54, 1.807) is 7.11 Å². The van der Waals surface area contributed by atoms with E-state index in [0.717, 1.165) is 42.2 Å². The van der Waals surface area contributed by atoms with Gasteiger partial charge in [-0.25, -0.2) is 0 Å². The maximum Gasteiger partial charge on any atom is 0.227 e. The van der Waals surface area contributed by atoms with E-state index in [4.69, 9.17) is 9.26 Å². The van der Waals surface area contributed by atoms with Gasteiger partial charge in [0.1, 0.15) is 5.75 Å². The van der Waals surface area contributed by atoms with Crippen LogP contribution >= 0.6 is 0 Å². The topological polar surface area (TPSA) is 55.6 Å². The highest BCUT2D eigenvalue weighted by atomic mass is 16.5. The second kappa shape index (κ2) is 7.07. The lowest BCUT2D eigenvalue weighted by atomic mass is 10.1. The molecule has 5 heteroatoms. The summed E-state index contributed by atoms with van der Waals surface area (Å²) in [5.74, 6) is 1.97. The minimum absolute atomic E-state index is 0.00722. The Morgan fingerprint density at radius 2 is 2.21 bits per heavy atom. The number of ether oxygens (including phenoxy) is 1. The zero-order valence-corrected chi connectivity index (χ0v) is 14.5. The molecule has 2 heterocycles. The minimum atomic E-state index is -0.00722. The molecule has 2 aromatic rings. The zero-order valence-electron chi connectivity index (χ0n) is 14.5. The van der Waals surface area contributed by atoms with Crippen molar-refractivity contribution in [2.45, 2.75) is 45.1 Å². The molecule has 1 atom stereocenters. The van der Waals surface area contributed by atoms with Gasteiger partial charge in [-0.15, -0.1) is 0 Å². The minimum Gasteiger partial charge on any atom is -0.496 e. The molecule has 1 amide bonds. The van der Waals surface area contributed by atoms with Crippen molar-refractivity contribution in [1.82, 2.24) is 10.1 Å². The van der Waals surface area contributed by atoms with Crippen LogP contribution in [0.2, 0.25) is 0 Å². The van der Waals surface area contributed by atoms with Gasteiger partial charge in [0.25, 0.3) is 0 Å². The highest BCUT2D eigenvalue weighted by Crippen LogP contribution is 2.34. The quantitative estimate of drug-likeness (QED) is 0.839. The van der Waals surface area contributed by atoms with Gasteiger partial charge in [-0.2, -0.15) is 0 Å². The third-order valence-electron chi connectivity index (χ3n) is 4.57. The number of methoxy groups -OCH3 is 1. The first-order valence-electron chi connectivity index (χ1n) is 8.48. The Bertz CT molecular complexity index is 708. The lowest BCUT2D eigenvalue weighted by Crippen LogP contribution is -2.31. The fourth-order valence-electron chi connectivity index (χ4n) is 3.21. The Labute approximate surface area is 142 Å². The first-order valence-corrected chi connectivity index (χ1v) is 8.48. The molecule has 1 saturated heterocycles. The molecule has 24 heavy (non-hydrogen) atoms. The van der Waals surface area contributed by atoms with Crippen molar-refractivity contribution in [3.8, 4) is 5.75 Å². The van der Waals surface area contributed by atoms with E-state index >= 15 is 0 Å². The largest absolute Gasteiger partial charge is 0.496 e. The van der Waals surface area contributed by atoms with Crippen LogP contribution < -0.4 is 4.74 Å². The molecular formula is C19H24N2O3. The van der Waals surface area contributed by atoms with Crippen LogP contribution in [-0.2, 0) is 11.2 Å². The number of amides is 1. The van der Waals surface area contributed by atoms with Gasteiger partial charge in [0.2, 0.25) is 5.91 Å². The second-order valence-electron chi connectivity index (χ2n) is 6.54. The Hall–Kier alpha value is -2.30. The Morgan fingerprint density at radius 1 is 1.42 bits per heavy atom. The van der Waals surface area contributed by atoms with Crippen LogP contribution in [-0.4, -0.2) is 29.6 Å². The maximum absolute atomic E-state index is 12.8. The van der Waals surface area contributed by atoms with E-state index in [1.807, 2.05) is 35.2 Å². The summed E-state index contributed by atoms with van der Waals surface area (Å²) in [5, 5.41) is 4.13. The number of hydrogen-bond donors (Lipinski definition) is 0. The third-order valence-corrected chi connectivity index (χ3v) is 4.57. The highest BCUT2D eigenvalue weighted by Gasteiger charge is 2.33. The summed E-state index contributed by atoms with van der Waals surface area (Å²) in [4.78, 5) is 14.7. The van der Waals surface area contributed by atoms with Crippen LogP contribution in [0.15, 0.2) is 34.9 Å². The number of para-hydroxylation sites is 1. The molecule has 1 aromatic heterocycles. The molecule has 0 spiro atoms. The van der Waals surface area contributed by atoms with E-state index in [9.17, 15) is 4.79 Å². The molecule has 1 aromatic carbocycles. The molecule has 0 N–H and O–H groups in total. The summed E-state index contributed by atoms with van der Waals surface area (Å²) in [6, 6.07) is 9.64. The zero-order chi connectivity index (χ0) is 17.1. The second-order valence-corrected chi connectivity index (χ2v) is 6.54. The van der Waals surface area contributed by atoms with Crippen LogP contribution in [0.25, 0.3) is 0 Å². The number of hydrogen-bond acceptors (Lipinski definition) is 4. The van der Waals surface area contributed by atoms with E-state index in [-0.39, 0.29) is 11.9 Å². The lowest BCUT2D eigenvalue weighted by Gasteiger charge is -2.23. The van der Waals surface area contributed by atoms with Gasteiger partial charge in [0.05, 0.1) is 25.3 Å². The summed E-state index contributed by atoms with van der Waals surface area (Å²) in [5.41, 5.74) is 1.85. The fourth-order valence-corrected chi connectivity index (χ4v) is 3.21. The predicted molar refractivity (Wildman–Crippen MR) is 91.0 cm³/mol. The lowest BCUT2D eigenvalue weighted by molar-refractivity contribution is -0.131. The van der Waals surface area contributed by atoms with Crippen molar-refractivity contribution >= 4 is 5.91 Å². The first kappa shape index (κ1) is 16.6. The van der Waals surface area contributed by atoms with Gasteiger partial charge >= 0.3 is 0 Å². The van der Waals surface area contributed by atoms with E-state index in [0.29, 0.717) is 12.3 Å². The normalized spacial score (nSPS) is 17.5. The van der Waals surface area contributed by atoms with Crippen molar-refractivity contribution in [2.24, 2.45) is 0 Å². The highest BCUT2D eigenvalue weighted by molar-refractivity contribution is 5.80. The number of nitrogens with zero attached hydrogens (tertiary/aromatic N) is 2. The van der Waals surface area contributed by atoms with Crippen LogP contribution in [0, 0.1) is 0 Å². The first-order chi connectivity index (χ1) is 11.6. The number of aromatic nitrogens is 1. The van der Waals surface area contributed by atoms with Gasteiger partial charge in [-0.3, -0.25) is 4.79 Å². The van der Waals surface area contributed by atoms with Gasteiger partial charge in [0, 0.05) is 18.2 Å². The van der Waals surface area contributed by atoms with Crippen LogP contribution in [0.4, 0.5) is 0 Å². The number of benzene rings is 1. The summed E-state index contributed by atoms with van der Waals surface area (Å²) in [7, 11) is 1.63. The van der Waals surface area contributed by atoms with Gasteiger partial charge < -0.3 is 14.2 Å². The van der Waals surface area contributed by atoms with Crippen molar-refractivity contribution in [3.05, 3.63) is 47.3 Å². The molecule has 128 valence electrons. The van der Waals surface area contributed by atoms with E-state index in [2.05, 4.69) is 19.0 Å². The van der Waals surface area contributed by atoms with E-state index < -0.39 is 0 Å². The molecule has 3 rings (SSSR count). The van der Waals surface area contributed by atoms with Crippen molar-refractivity contribution in [2.75, 3.05) is 13.7 Å². The standard InChI is InChI=1S/C19H24N2O3/c1-13(2)15-12-18(24-20-15)16-8-6-10-21(16)19(22)11-14-7-4-5-9-17(14)23-3/h4-5,7,9,12-13,16H,6,8,10-11H2,1-3H3. The van der Waals surface area contributed by atoms with Gasteiger partial charge in [-0.05, 0) is 24.8 Å². The van der Waals surface area contributed by atoms with E-state index in [1.165, 1.54) is 0 Å². The van der Waals surface area contributed by atoms with Crippen LogP contribution in [0.5, 0.6) is 5.75 Å². The molecule has 0 saturated carbocycles. The monoisotopic (exact) mass is 328 g/mol. The average Bonchev–Trinajstić information content (AvgIpc) is 3.24. The van der Waals surface area contributed by atoms with Gasteiger partial charge in [0.15, 0.2) is 5.76 Å². The molecule has 1 fully saturated rings. The molecule has 1 unspecified atom stereocenters. The van der Waals surface area contributed by atoms with Crippen molar-refractivity contribution in [3.63, 3.8) is 0 Å². The van der Waals surface area contributed by atoms with Gasteiger partial charge in [-0.1, -0.05) is 37.2 Å². The summed E-state index contributed by atoms with van der Waals surface area (Å²) >= 11 is 0. The smallest absolute Gasteiger partial charge is 0.227 e. The van der Waals surface area contributed by atoms with Crippen LogP contribution in [0.3, 0.4) is 0 Å². The molecule has 1 aliphatic heterocycles. The number of likely N-dealkylation sites (tertiary alicyclic amines) is 1. The SMILES string of the molecule is COc1ccccc1CC(=O)N1CCCC1c1cc(C(C)C)no1. The van der Waals surface area contributed by atoms with Crippen molar-refractivity contribution < 1.29 is 14.1 Å². The van der Waals surface area contributed by atoms with Crippen molar-refractivity contribution in [1.29, 1.82) is 0 Å². The summed E-state index contributed by atoms with van der Waals surface area (Å²) in [6.07, 6.45) is 2.25. The Kier molecular flexibility index (Phi) is 4.88. The number of carbonyl (C=O) groups excluding carboxylic acids is 1. The van der Waals surface area contributed by atoms with Crippen LogP contribution in [0.1, 0.15) is 55.7 Å². The predicted octanol–water partition coefficient (Wildman–Crippen LogP) is 3.71.